The average molecular weight is 286 g/mol. The van der Waals surface area contributed by atoms with Crippen molar-refractivity contribution in [3.8, 4) is 11.5 Å². The van der Waals surface area contributed by atoms with Gasteiger partial charge in [0.15, 0.2) is 11.5 Å². The summed E-state index contributed by atoms with van der Waals surface area (Å²) in [5.74, 6) is 0.390. The Kier molecular flexibility index (Phi) is 4.82. The van der Waals surface area contributed by atoms with Gasteiger partial charge in [-0.3, -0.25) is 0 Å². The fourth-order valence-electron chi connectivity index (χ4n) is 2.01. The minimum Gasteiger partial charge on any atom is -0.493 e. The van der Waals surface area contributed by atoms with Crippen molar-refractivity contribution in [2.24, 2.45) is 0 Å². The molecule has 0 unspecified atom stereocenters. The van der Waals surface area contributed by atoms with Crippen LogP contribution in [0.1, 0.15) is 28.4 Å². The second kappa shape index (κ2) is 6.79. The fourth-order valence-corrected chi connectivity index (χ4v) is 2.01. The molecule has 2 aromatic rings. The Morgan fingerprint density at radius 3 is 2.57 bits per heavy atom. The molecular formula is C17H18O4. The number of hydrogen-bond acceptors (Lipinski definition) is 3. The predicted molar refractivity (Wildman–Crippen MR) is 80.1 cm³/mol. The second-order valence-electron chi connectivity index (χ2n) is 4.63. The lowest BCUT2D eigenvalue weighted by Gasteiger charge is -2.12. The summed E-state index contributed by atoms with van der Waals surface area (Å²) in [5, 5.41) is 8.97. The summed E-state index contributed by atoms with van der Waals surface area (Å²) in [6.45, 7) is 2.37. The van der Waals surface area contributed by atoms with Gasteiger partial charge in [0, 0.05) is 0 Å². The molecule has 110 valence electrons. The number of carbonyl (C=O) groups is 1. The van der Waals surface area contributed by atoms with E-state index in [1.54, 1.807) is 25.3 Å². The van der Waals surface area contributed by atoms with Crippen LogP contribution in [0.15, 0.2) is 42.5 Å². The van der Waals surface area contributed by atoms with Gasteiger partial charge in [-0.05, 0) is 41.8 Å². The number of hydrogen-bond donors (Lipinski definition) is 1. The van der Waals surface area contributed by atoms with Gasteiger partial charge in [-0.15, -0.1) is 0 Å². The zero-order valence-corrected chi connectivity index (χ0v) is 12.1. The van der Waals surface area contributed by atoms with Crippen LogP contribution in [-0.2, 0) is 13.0 Å². The van der Waals surface area contributed by atoms with Crippen LogP contribution in [0, 0.1) is 0 Å². The van der Waals surface area contributed by atoms with Crippen LogP contribution in [0.25, 0.3) is 0 Å². The van der Waals surface area contributed by atoms with Crippen molar-refractivity contribution in [3.05, 3.63) is 59.2 Å². The molecule has 0 radical (unpaired) electrons. The van der Waals surface area contributed by atoms with Crippen LogP contribution in [0.4, 0.5) is 0 Å². The first-order chi connectivity index (χ1) is 10.1. The standard InChI is InChI=1S/C17H18O4/c1-3-12-7-8-15(16(10-12)20-2)21-11-13-5-4-6-14(9-13)17(18)19/h4-10H,3,11H2,1-2H3,(H,18,19). The molecule has 0 spiro atoms. The number of methoxy groups -OCH3 is 1. The smallest absolute Gasteiger partial charge is 0.335 e. The predicted octanol–water partition coefficient (Wildman–Crippen LogP) is 3.53. The highest BCUT2D eigenvalue weighted by Crippen LogP contribution is 2.29. The van der Waals surface area contributed by atoms with Crippen molar-refractivity contribution in [1.82, 2.24) is 0 Å². The number of rotatable bonds is 6. The molecular weight excluding hydrogens is 268 g/mol. The maximum atomic E-state index is 10.9. The molecule has 0 fully saturated rings. The summed E-state index contributed by atoms with van der Waals surface area (Å²) in [4.78, 5) is 10.9. The summed E-state index contributed by atoms with van der Waals surface area (Å²) >= 11 is 0. The van der Waals surface area contributed by atoms with E-state index in [2.05, 4.69) is 6.92 Å². The molecule has 0 atom stereocenters. The summed E-state index contributed by atoms with van der Waals surface area (Å²) in [6.07, 6.45) is 0.928. The molecule has 0 aliphatic heterocycles. The van der Waals surface area contributed by atoms with Gasteiger partial charge >= 0.3 is 5.97 Å². The molecule has 0 bridgehead atoms. The van der Waals surface area contributed by atoms with Crippen LogP contribution in [0.5, 0.6) is 11.5 Å². The lowest BCUT2D eigenvalue weighted by Crippen LogP contribution is -2.01. The van der Waals surface area contributed by atoms with E-state index >= 15 is 0 Å². The zero-order chi connectivity index (χ0) is 15.2. The molecule has 0 amide bonds. The first-order valence-electron chi connectivity index (χ1n) is 6.76. The van der Waals surface area contributed by atoms with Crippen molar-refractivity contribution in [3.63, 3.8) is 0 Å². The quantitative estimate of drug-likeness (QED) is 0.882. The highest BCUT2D eigenvalue weighted by Gasteiger charge is 2.07. The van der Waals surface area contributed by atoms with E-state index in [4.69, 9.17) is 14.6 Å². The summed E-state index contributed by atoms with van der Waals surface area (Å²) in [6, 6.07) is 12.5. The Bertz CT molecular complexity index is 634. The van der Waals surface area contributed by atoms with Crippen molar-refractivity contribution < 1.29 is 19.4 Å². The lowest BCUT2D eigenvalue weighted by atomic mass is 10.1. The Balaban J connectivity index is 2.12. The fraction of sp³-hybridized carbons (Fsp3) is 0.235. The molecule has 4 heteroatoms. The Hall–Kier alpha value is -2.49. The van der Waals surface area contributed by atoms with Gasteiger partial charge in [0.1, 0.15) is 6.61 Å². The molecule has 1 N–H and O–H groups in total. The molecule has 0 heterocycles. The van der Waals surface area contributed by atoms with Crippen LogP contribution in [0.3, 0.4) is 0 Å². The SMILES string of the molecule is CCc1ccc(OCc2cccc(C(=O)O)c2)c(OC)c1. The lowest BCUT2D eigenvalue weighted by molar-refractivity contribution is 0.0696. The third-order valence-electron chi connectivity index (χ3n) is 3.20. The molecule has 0 aromatic heterocycles. The summed E-state index contributed by atoms with van der Waals surface area (Å²) in [5.41, 5.74) is 2.23. The summed E-state index contributed by atoms with van der Waals surface area (Å²) in [7, 11) is 1.60. The van der Waals surface area contributed by atoms with E-state index in [0.29, 0.717) is 18.1 Å². The van der Waals surface area contributed by atoms with E-state index in [-0.39, 0.29) is 5.56 Å². The Labute approximate surface area is 123 Å². The topological polar surface area (TPSA) is 55.8 Å². The first kappa shape index (κ1) is 14.9. The van der Waals surface area contributed by atoms with Crippen molar-refractivity contribution >= 4 is 5.97 Å². The first-order valence-corrected chi connectivity index (χ1v) is 6.76. The zero-order valence-electron chi connectivity index (χ0n) is 12.1. The third-order valence-corrected chi connectivity index (χ3v) is 3.20. The van der Waals surface area contributed by atoms with Gasteiger partial charge in [-0.2, -0.15) is 0 Å². The van der Waals surface area contributed by atoms with Gasteiger partial charge in [0.2, 0.25) is 0 Å². The van der Waals surface area contributed by atoms with E-state index < -0.39 is 5.97 Å². The maximum Gasteiger partial charge on any atom is 0.335 e. The second-order valence-corrected chi connectivity index (χ2v) is 4.63. The number of carboxylic acid groups (broad SMARTS) is 1. The molecule has 0 aliphatic carbocycles. The molecule has 0 saturated carbocycles. The minimum absolute atomic E-state index is 0.254. The molecule has 21 heavy (non-hydrogen) atoms. The molecule has 0 saturated heterocycles. The van der Waals surface area contributed by atoms with Crippen molar-refractivity contribution in [2.45, 2.75) is 20.0 Å². The maximum absolute atomic E-state index is 10.9. The van der Waals surface area contributed by atoms with Gasteiger partial charge in [0.25, 0.3) is 0 Å². The van der Waals surface area contributed by atoms with Crippen LogP contribution >= 0.6 is 0 Å². The average Bonchev–Trinajstić information content (AvgIpc) is 2.53. The molecule has 0 aliphatic rings. The van der Waals surface area contributed by atoms with E-state index in [1.165, 1.54) is 5.56 Å². The normalized spacial score (nSPS) is 10.2. The van der Waals surface area contributed by atoms with Gasteiger partial charge in [0.05, 0.1) is 12.7 Å². The highest BCUT2D eigenvalue weighted by molar-refractivity contribution is 5.87. The van der Waals surface area contributed by atoms with Crippen LogP contribution in [0.2, 0.25) is 0 Å². The molecule has 2 rings (SSSR count). The van der Waals surface area contributed by atoms with E-state index in [9.17, 15) is 4.79 Å². The monoisotopic (exact) mass is 286 g/mol. The number of aryl methyl sites for hydroxylation is 1. The van der Waals surface area contributed by atoms with Gasteiger partial charge < -0.3 is 14.6 Å². The van der Waals surface area contributed by atoms with Gasteiger partial charge in [-0.1, -0.05) is 25.1 Å². The summed E-state index contributed by atoms with van der Waals surface area (Å²) < 4.78 is 11.0. The minimum atomic E-state index is -0.943. The van der Waals surface area contributed by atoms with E-state index in [0.717, 1.165) is 12.0 Å². The Morgan fingerprint density at radius 1 is 1.10 bits per heavy atom. The number of aromatic carboxylic acids is 1. The van der Waals surface area contributed by atoms with Crippen molar-refractivity contribution in [1.29, 1.82) is 0 Å². The number of benzene rings is 2. The van der Waals surface area contributed by atoms with Crippen LogP contribution < -0.4 is 9.47 Å². The van der Waals surface area contributed by atoms with Crippen molar-refractivity contribution in [2.75, 3.05) is 7.11 Å². The highest BCUT2D eigenvalue weighted by atomic mass is 16.5. The van der Waals surface area contributed by atoms with Crippen LogP contribution in [-0.4, -0.2) is 18.2 Å². The number of ether oxygens (including phenoxy) is 2. The number of carboxylic acids is 1. The molecule has 2 aromatic carbocycles. The van der Waals surface area contributed by atoms with Gasteiger partial charge in [-0.25, -0.2) is 4.79 Å². The Morgan fingerprint density at radius 2 is 1.90 bits per heavy atom. The molecule has 4 nitrogen and oxygen atoms in total. The largest absolute Gasteiger partial charge is 0.493 e. The van der Waals surface area contributed by atoms with E-state index in [1.807, 2.05) is 24.3 Å². The third kappa shape index (κ3) is 3.75.